The van der Waals surface area contributed by atoms with Gasteiger partial charge in [-0.2, -0.15) is 5.10 Å². The van der Waals surface area contributed by atoms with Gasteiger partial charge >= 0.3 is 5.97 Å². The summed E-state index contributed by atoms with van der Waals surface area (Å²) in [6, 6.07) is 0. The Kier molecular flexibility index (Phi) is 6.38. The number of aromatic nitrogens is 2. The van der Waals surface area contributed by atoms with Gasteiger partial charge in [0.05, 0.1) is 13.2 Å². The van der Waals surface area contributed by atoms with Gasteiger partial charge < -0.3 is 15.4 Å². The minimum absolute atomic E-state index is 0.109. The molecule has 0 saturated carbocycles. The number of carbonyl (C=O) groups excluding carboxylic acids is 1. The average Bonchev–Trinajstić information content (AvgIpc) is 2.88. The van der Waals surface area contributed by atoms with E-state index in [0.29, 0.717) is 5.70 Å². The number of hydrogen-bond donors (Lipinski definition) is 2. The normalized spacial score (nSPS) is 11.4. The largest absolute Gasteiger partial charge is 0.462 e. The highest BCUT2D eigenvalue weighted by Gasteiger charge is 2.24. The molecule has 8 heteroatoms. The average molecular weight is 300 g/mol. The molecule has 0 spiro atoms. The van der Waals surface area contributed by atoms with Crippen LogP contribution in [0.3, 0.4) is 0 Å². The molecule has 0 fully saturated rings. The van der Waals surface area contributed by atoms with Crippen LogP contribution in [0.1, 0.15) is 29.4 Å². The van der Waals surface area contributed by atoms with Crippen LogP contribution in [0.5, 0.6) is 0 Å². The molecular weight excluding hydrogens is 282 g/mol. The zero-order chi connectivity index (χ0) is 15.8. The third-order valence-electron chi connectivity index (χ3n) is 2.52. The van der Waals surface area contributed by atoms with Crippen molar-refractivity contribution in [1.29, 1.82) is 0 Å². The molecule has 1 heterocycles. The molecule has 0 saturated heterocycles. The molecule has 0 aliphatic rings. The number of carbonyl (C=O) groups is 1. The standard InChI is InChI=1S/C13H18F2N4O2/c1-4-17-6-9(16-3)7-19-8-10(13(20)21-5-2)11(18-19)12(14)15/h4,6,8,12,16-17H,1,5,7H2,2-3H3/b9-6-. The maximum atomic E-state index is 12.9. The first-order valence-corrected chi connectivity index (χ1v) is 6.29. The van der Waals surface area contributed by atoms with Crippen LogP contribution in [0.4, 0.5) is 8.78 Å². The highest BCUT2D eigenvalue weighted by molar-refractivity contribution is 5.90. The van der Waals surface area contributed by atoms with Gasteiger partial charge in [0.25, 0.3) is 6.43 Å². The van der Waals surface area contributed by atoms with Crippen molar-refractivity contribution in [2.45, 2.75) is 19.9 Å². The second-order valence-electron chi connectivity index (χ2n) is 3.94. The number of rotatable bonds is 8. The molecule has 0 atom stereocenters. The van der Waals surface area contributed by atoms with E-state index in [-0.39, 0.29) is 18.7 Å². The Morgan fingerprint density at radius 2 is 2.33 bits per heavy atom. The molecule has 2 N–H and O–H groups in total. The fraction of sp³-hybridized carbons (Fsp3) is 0.385. The fourth-order valence-corrected chi connectivity index (χ4v) is 1.58. The summed E-state index contributed by atoms with van der Waals surface area (Å²) in [5, 5.41) is 9.39. The summed E-state index contributed by atoms with van der Waals surface area (Å²) >= 11 is 0. The van der Waals surface area contributed by atoms with E-state index in [9.17, 15) is 13.6 Å². The number of esters is 1. The predicted octanol–water partition coefficient (Wildman–Crippen LogP) is 1.79. The van der Waals surface area contributed by atoms with Gasteiger partial charge in [-0.1, -0.05) is 6.58 Å². The lowest BCUT2D eigenvalue weighted by Crippen LogP contribution is -2.16. The molecule has 21 heavy (non-hydrogen) atoms. The molecule has 6 nitrogen and oxygen atoms in total. The SMILES string of the molecule is C=CN/C=C(/Cn1cc(C(=O)OCC)c(C(F)F)n1)NC. The molecule has 0 aliphatic heterocycles. The molecule has 0 radical (unpaired) electrons. The van der Waals surface area contributed by atoms with Crippen molar-refractivity contribution in [3.8, 4) is 0 Å². The molecule has 0 bridgehead atoms. The summed E-state index contributed by atoms with van der Waals surface area (Å²) in [5.74, 6) is -0.807. The zero-order valence-corrected chi connectivity index (χ0v) is 11.9. The highest BCUT2D eigenvalue weighted by Crippen LogP contribution is 2.22. The van der Waals surface area contributed by atoms with Gasteiger partial charge in [-0.15, -0.1) is 0 Å². The Labute approximate surface area is 121 Å². The van der Waals surface area contributed by atoms with Crippen LogP contribution in [0.15, 0.2) is 30.9 Å². The predicted molar refractivity (Wildman–Crippen MR) is 73.6 cm³/mol. The van der Waals surface area contributed by atoms with E-state index in [2.05, 4.69) is 22.3 Å². The van der Waals surface area contributed by atoms with Crippen LogP contribution in [0.2, 0.25) is 0 Å². The Hall–Kier alpha value is -2.38. The lowest BCUT2D eigenvalue weighted by atomic mass is 10.2. The molecule has 0 aliphatic carbocycles. The van der Waals surface area contributed by atoms with Crippen molar-refractivity contribution in [2.24, 2.45) is 0 Å². The van der Waals surface area contributed by atoms with Crippen LogP contribution in [0.25, 0.3) is 0 Å². The maximum Gasteiger partial charge on any atom is 0.341 e. The Bertz CT molecular complexity index is 526. The lowest BCUT2D eigenvalue weighted by Gasteiger charge is -2.06. The number of ether oxygens (including phenoxy) is 1. The smallest absolute Gasteiger partial charge is 0.341 e. The second-order valence-corrected chi connectivity index (χ2v) is 3.94. The van der Waals surface area contributed by atoms with E-state index in [1.54, 1.807) is 20.2 Å². The van der Waals surface area contributed by atoms with Crippen LogP contribution in [-0.4, -0.2) is 29.4 Å². The minimum Gasteiger partial charge on any atom is -0.462 e. The Morgan fingerprint density at radius 1 is 1.62 bits per heavy atom. The van der Waals surface area contributed by atoms with Crippen molar-refractivity contribution in [3.63, 3.8) is 0 Å². The van der Waals surface area contributed by atoms with Crippen molar-refractivity contribution >= 4 is 5.97 Å². The van der Waals surface area contributed by atoms with E-state index in [1.807, 2.05) is 0 Å². The van der Waals surface area contributed by atoms with E-state index in [4.69, 9.17) is 4.74 Å². The van der Waals surface area contributed by atoms with Gasteiger partial charge in [0.2, 0.25) is 0 Å². The molecule has 1 aromatic rings. The number of halogens is 2. The first-order chi connectivity index (χ1) is 10.0. The highest BCUT2D eigenvalue weighted by atomic mass is 19.3. The van der Waals surface area contributed by atoms with Crippen LogP contribution < -0.4 is 10.6 Å². The molecule has 0 unspecified atom stereocenters. The van der Waals surface area contributed by atoms with Gasteiger partial charge in [0.15, 0.2) is 0 Å². The number of alkyl halides is 2. The van der Waals surface area contributed by atoms with E-state index in [1.165, 1.54) is 17.1 Å². The van der Waals surface area contributed by atoms with Gasteiger partial charge in [-0.05, 0) is 13.1 Å². The zero-order valence-electron chi connectivity index (χ0n) is 11.9. The summed E-state index contributed by atoms with van der Waals surface area (Å²) in [6.45, 7) is 5.40. The third kappa shape index (κ3) is 4.59. The molecule has 0 aromatic carbocycles. The molecule has 1 aromatic heterocycles. The summed E-state index contributed by atoms with van der Waals surface area (Å²) in [6.07, 6.45) is 1.48. The first kappa shape index (κ1) is 16.7. The van der Waals surface area contributed by atoms with Crippen molar-refractivity contribution in [3.05, 3.63) is 42.1 Å². The number of nitrogens with zero attached hydrogens (tertiary/aromatic N) is 2. The molecule has 1 rings (SSSR count). The maximum absolute atomic E-state index is 12.9. The van der Waals surface area contributed by atoms with Gasteiger partial charge in [-0.25, -0.2) is 13.6 Å². The third-order valence-corrected chi connectivity index (χ3v) is 2.52. The summed E-state index contributed by atoms with van der Waals surface area (Å²) in [7, 11) is 1.68. The minimum atomic E-state index is -2.85. The fourth-order valence-electron chi connectivity index (χ4n) is 1.58. The van der Waals surface area contributed by atoms with Crippen molar-refractivity contribution < 1.29 is 18.3 Å². The van der Waals surface area contributed by atoms with E-state index < -0.39 is 18.1 Å². The monoisotopic (exact) mass is 300 g/mol. The first-order valence-electron chi connectivity index (χ1n) is 6.29. The Morgan fingerprint density at radius 3 is 2.86 bits per heavy atom. The Balaban J connectivity index is 3.01. The topological polar surface area (TPSA) is 68.2 Å². The summed E-state index contributed by atoms with van der Waals surface area (Å²) in [4.78, 5) is 11.6. The van der Waals surface area contributed by atoms with Crippen molar-refractivity contribution in [2.75, 3.05) is 13.7 Å². The van der Waals surface area contributed by atoms with Crippen LogP contribution in [-0.2, 0) is 11.3 Å². The summed E-state index contributed by atoms with van der Waals surface area (Å²) in [5.41, 5.74) is -0.131. The van der Waals surface area contributed by atoms with Gasteiger partial charge in [-0.3, -0.25) is 4.68 Å². The van der Waals surface area contributed by atoms with Gasteiger partial charge in [0.1, 0.15) is 11.3 Å². The quantitative estimate of drug-likeness (QED) is 0.716. The number of likely N-dealkylation sites (N-methyl/N-ethyl adjacent to an activating group) is 1. The summed E-state index contributed by atoms with van der Waals surface area (Å²) < 4.78 is 31.8. The molecular formula is C13H18F2N4O2. The lowest BCUT2D eigenvalue weighted by molar-refractivity contribution is 0.0515. The van der Waals surface area contributed by atoms with E-state index >= 15 is 0 Å². The number of hydrogen-bond acceptors (Lipinski definition) is 5. The second kappa shape index (κ2) is 8.03. The van der Waals surface area contributed by atoms with E-state index in [0.717, 1.165) is 0 Å². The molecule has 116 valence electrons. The molecule has 0 amide bonds. The van der Waals surface area contributed by atoms with Crippen LogP contribution in [0, 0.1) is 0 Å². The number of allylic oxidation sites excluding steroid dienone is 1. The van der Waals surface area contributed by atoms with Gasteiger partial charge in [0, 0.05) is 25.1 Å². The van der Waals surface area contributed by atoms with Crippen molar-refractivity contribution in [1.82, 2.24) is 20.4 Å². The number of nitrogens with one attached hydrogen (secondary N) is 2. The van der Waals surface area contributed by atoms with Crippen LogP contribution >= 0.6 is 0 Å².